The van der Waals surface area contributed by atoms with Gasteiger partial charge in [-0.2, -0.15) is 0 Å². The number of hydrogen-bond acceptors (Lipinski definition) is 3. The summed E-state index contributed by atoms with van der Waals surface area (Å²) < 4.78 is 25.2. The Morgan fingerprint density at radius 1 is 1.10 bits per heavy atom. The summed E-state index contributed by atoms with van der Waals surface area (Å²) in [5, 5.41) is 3.53. The second-order valence-corrected chi connectivity index (χ2v) is 7.98. The molecule has 4 nitrogen and oxygen atoms in total. The molecule has 112 valence electrons. The van der Waals surface area contributed by atoms with Crippen LogP contribution in [-0.2, 0) is 10.0 Å². The normalized spacial score (nSPS) is 23.8. The van der Waals surface area contributed by atoms with Gasteiger partial charge in [0, 0.05) is 25.8 Å². The van der Waals surface area contributed by atoms with Crippen molar-refractivity contribution in [3.8, 4) is 0 Å². The molecule has 5 heteroatoms. The van der Waals surface area contributed by atoms with E-state index in [4.69, 9.17) is 0 Å². The maximum absolute atomic E-state index is 12.0. The van der Waals surface area contributed by atoms with Gasteiger partial charge < -0.3 is 5.32 Å². The summed E-state index contributed by atoms with van der Waals surface area (Å²) in [6, 6.07) is 7.56. The lowest BCUT2D eigenvalue weighted by atomic mass is 9.86. The Morgan fingerprint density at radius 3 is 2.25 bits per heavy atom. The third-order valence-corrected chi connectivity index (χ3v) is 5.93. The standard InChI is InChI=1S/C15H24N2O2S/c1-12-6-4-5-7-15(12)16-13-8-10-14(11-9-13)20(18,19)17(2)3/h8-12,15-16H,4-7H2,1-3H3. The van der Waals surface area contributed by atoms with Crippen molar-refractivity contribution in [2.45, 2.75) is 43.5 Å². The molecule has 0 amide bonds. The van der Waals surface area contributed by atoms with Gasteiger partial charge in [0.1, 0.15) is 0 Å². The average Bonchev–Trinajstić information content (AvgIpc) is 2.42. The second-order valence-electron chi connectivity index (χ2n) is 5.82. The molecule has 0 radical (unpaired) electrons. The molecule has 0 aromatic heterocycles. The van der Waals surface area contributed by atoms with Crippen LogP contribution in [0.4, 0.5) is 5.69 Å². The third kappa shape index (κ3) is 3.33. The first-order valence-electron chi connectivity index (χ1n) is 7.20. The molecule has 2 unspecified atom stereocenters. The van der Waals surface area contributed by atoms with E-state index in [-0.39, 0.29) is 0 Å². The smallest absolute Gasteiger partial charge is 0.242 e. The van der Waals surface area contributed by atoms with Crippen LogP contribution in [0, 0.1) is 5.92 Å². The molecule has 0 heterocycles. The maximum Gasteiger partial charge on any atom is 0.242 e. The van der Waals surface area contributed by atoms with Crippen LogP contribution in [0.5, 0.6) is 0 Å². The Labute approximate surface area is 122 Å². The van der Waals surface area contributed by atoms with Gasteiger partial charge in [-0.25, -0.2) is 12.7 Å². The van der Waals surface area contributed by atoms with E-state index in [0.717, 1.165) is 5.69 Å². The minimum Gasteiger partial charge on any atom is -0.382 e. The summed E-state index contributed by atoms with van der Waals surface area (Å²) >= 11 is 0. The monoisotopic (exact) mass is 296 g/mol. The van der Waals surface area contributed by atoms with Gasteiger partial charge >= 0.3 is 0 Å². The highest BCUT2D eigenvalue weighted by Gasteiger charge is 2.21. The largest absolute Gasteiger partial charge is 0.382 e. The molecule has 2 atom stereocenters. The van der Waals surface area contributed by atoms with Crippen LogP contribution in [0.3, 0.4) is 0 Å². The van der Waals surface area contributed by atoms with Crippen LogP contribution in [-0.4, -0.2) is 32.9 Å². The lowest BCUT2D eigenvalue weighted by molar-refractivity contribution is 0.349. The number of sulfonamides is 1. The van der Waals surface area contributed by atoms with Gasteiger partial charge in [-0.3, -0.25) is 0 Å². The van der Waals surface area contributed by atoms with Crippen molar-refractivity contribution in [3.63, 3.8) is 0 Å². The fourth-order valence-electron chi connectivity index (χ4n) is 2.68. The Morgan fingerprint density at radius 2 is 1.70 bits per heavy atom. The first-order chi connectivity index (χ1) is 9.41. The van der Waals surface area contributed by atoms with Crippen LogP contribution in [0.2, 0.25) is 0 Å². The molecule has 0 bridgehead atoms. The first kappa shape index (κ1) is 15.3. The maximum atomic E-state index is 12.0. The zero-order valence-corrected chi connectivity index (χ0v) is 13.3. The fourth-order valence-corrected chi connectivity index (χ4v) is 3.58. The Hall–Kier alpha value is -1.07. The van der Waals surface area contributed by atoms with Crippen molar-refractivity contribution >= 4 is 15.7 Å². The summed E-state index contributed by atoms with van der Waals surface area (Å²) in [5.41, 5.74) is 1.00. The number of nitrogens with one attached hydrogen (secondary N) is 1. The van der Waals surface area contributed by atoms with Crippen LogP contribution in [0.15, 0.2) is 29.2 Å². The Balaban J connectivity index is 2.09. The van der Waals surface area contributed by atoms with Crippen LogP contribution < -0.4 is 5.32 Å². The van der Waals surface area contributed by atoms with E-state index in [1.807, 2.05) is 12.1 Å². The van der Waals surface area contributed by atoms with Gasteiger partial charge in [0.05, 0.1) is 4.90 Å². The minimum atomic E-state index is -3.33. The lowest BCUT2D eigenvalue weighted by Crippen LogP contribution is -2.30. The number of nitrogens with zero attached hydrogens (tertiary/aromatic N) is 1. The topological polar surface area (TPSA) is 49.4 Å². The summed E-state index contributed by atoms with van der Waals surface area (Å²) in [7, 11) is -0.238. The molecule has 2 rings (SSSR count). The predicted molar refractivity (Wildman–Crippen MR) is 82.4 cm³/mol. The minimum absolute atomic E-state index is 0.338. The van der Waals surface area contributed by atoms with E-state index in [0.29, 0.717) is 16.9 Å². The molecule has 20 heavy (non-hydrogen) atoms. The van der Waals surface area contributed by atoms with Crippen molar-refractivity contribution in [1.29, 1.82) is 0 Å². The van der Waals surface area contributed by atoms with Gasteiger partial charge in [-0.05, 0) is 43.0 Å². The lowest BCUT2D eigenvalue weighted by Gasteiger charge is -2.30. The highest BCUT2D eigenvalue weighted by Crippen LogP contribution is 2.27. The number of hydrogen-bond donors (Lipinski definition) is 1. The van der Waals surface area contributed by atoms with Gasteiger partial charge in [0.2, 0.25) is 10.0 Å². The highest BCUT2D eigenvalue weighted by molar-refractivity contribution is 7.89. The number of rotatable bonds is 4. The fraction of sp³-hybridized carbons (Fsp3) is 0.600. The van der Waals surface area contributed by atoms with Gasteiger partial charge in [-0.1, -0.05) is 19.8 Å². The van der Waals surface area contributed by atoms with Gasteiger partial charge in [0.15, 0.2) is 0 Å². The third-order valence-electron chi connectivity index (χ3n) is 4.10. The van der Waals surface area contributed by atoms with Crippen molar-refractivity contribution in [1.82, 2.24) is 4.31 Å². The Kier molecular flexibility index (Phi) is 4.70. The quantitative estimate of drug-likeness (QED) is 0.929. The molecule has 1 fully saturated rings. The van der Waals surface area contributed by atoms with E-state index in [2.05, 4.69) is 12.2 Å². The first-order valence-corrected chi connectivity index (χ1v) is 8.64. The average molecular weight is 296 g/mol. The van der Waals surface area contributed by atoms with E-state index >= 15 is 0 Å². The molecule has 1 aliphatic rings. The van der Waals surface area contributed by atoms with Crippen molar-refractivity contribution < 1.29 is 8.42 Å². The molecule has 0 spiro atoms. The molecular weight excluding hydrogens is 272 g/mol. The molecule has 1 N–H and O–H groups in total. The van der Waals surface area contributed by atoms with Crippen LogP contribution in [0.1, 0.15) is 32.6 Å². The van der Waals surface area contributed by atoms with E-state index in [9.17, 15) is 8.42 Å². The summed E-state index contributed by atoms with van der Waals surface area (Å²) in [6.07, 6.45) is 5.05. The summed E-state index contributed by atoms with van der Waals surface area (Å²) in [4.78, 5) is 0.338. The Bertz CT molecular complexity index is 537. The van der Waals surface area contributed by atoms with E-state index in [1.54, 1.807) is 26.2 Å². The summed E-state index contributed by atoms with van der Waals surface area (Å²) in [6.45, 7) is 2.28. The number of anilines is 1. The molecule has 1 saturated carbocycles. The van der Waals surface area contributed by atoms with Crippen molar-refractivity contribution in [2.24, 2.45) is 5.92 Å². The SMILES string of the molecule is CC1CCCCC1Nc1ccc(S(=O)(=O)N(C)C)cc1. The number of benzene rings is 1. The summed E-state index contributed by atoms with van der Waals surface area (Å²) in [5.74, 6) is 0.675. The molecule has 0 aliphatic heterocycles. The van der Waals surface area contributed by atoms with E-state index < -0.39 is 10.0 Å². The molecule has 0 saturated heterocycles. The molecule has 1 aromatic rings. The predicted octanol–water partition coefficient (Wildman–Crippen LogP) is 2.93. The molecule has 1 aliphatic carbocycles. The van der Waals surface area contributed by atoms with Gasteiger partial charge in [-0.15, -0.1) is 0 Å². The van der Waals surface area contributed by atoms with Crippen molar-refractivity contribution in [2.75, 3.05) is 19.4 Å². The van der Waals surface area contributed by atoms with Crippen LogP contribution >= 0.6 is 0 Å². The zero-order valence-electron chi connectivity index (χ0n) is 12.5. The molecule has 1 aromatic carbocycles. The van der Waals surface area contributed by atoms with Crippen LogP contribution in [0.25, 0.3) is 0 Å². The van der Waals surface area contributed by atoms with Crippen molar-refractivity contribution in [3.05, 3.63) is 24.3 Å². The molecular formula is C15H24N2O2S. The van der Waals surface area contributed by atoms with E-state index in [1.165, 1.54) is 30.0 Å². The zero-order chi connectivity index (χ0) is 14.8. The second kappa shape index (κ2) is 6.14. The highest BCUT2D eigenvalue weighted by atomic mass is 32.2. The van der Waals surface area contributed by atoms with Gasteiger partial charge in [0.25, 0.3) is 0 Å².